The highest BCUT2D eigenvalue weighted by Gasteiger charge is 2.25. The maximum atomic E-state index is 11.4. The fraction of sp³-hybridized carbons (Fsp3) is 0.737. The number of hydrogen-bond acceptors (Lipinski definition) is 6. The molecule has 1 fully saturated rings. The van der Waals surface area contributed by atoms with Gasteiger partial charge in [-0.15, -0.1) is 24.0 Å². The molecule has 1 aromatic rings. The van der Waals surface area contributed by atoms with E-state index in [0.29, 0.717) is 32.1 Å². The maximum absolute atomic E-state index is 11.4. The van der Waals surface area contributed by atoms with Gasteiger partial charge in [-0.3, -0.25) is 9.89 Å². The number of furan rings is 1. The molecule has 0 saturated carbocycles. The molecule has 2 rings (SSSR count). The molecular formula is C19H35IN4O4S. The molecule has 0 bridgehead atoms. The Morgan fingerprint density at radius 2 is 2.00 bits per heavy atom. The summed E-state index contributed by atoms with van der Waals surface area (Å²) in [6.45, 7) is 10.3. The first kappa shape index (κ1) is 26.2. The van der Waals surface area contributed by atoms with E-state index in [1.165, 1.54) is 6.26 Å². The number of hydrogen-bond donors (Lipinski definition) is 2. The summed E-state index contributed by atoms with van der Waals surface area (Å²) in [4.78, 5) is 7.10. The fourth-order valence-electron chi connectivity index (χ4n) is 3.10. The van der Waals surface area contributed by atoms with Crippen LogP contribution in [0.3, 0.4) is 0 Å². The van der Waals surface area contributed by atoms with Crippen LogP contribution >= 0.6 is 24.0 Å². The van der Waals surface area contributed by atoms with E-state index in [4.69, 9.17) is 14.1 Å². The first-order valence-electron chi connectivity index (χ1n) is 9.89. The summed E-state index contributed by atoms with van der Waals surface area (Å²) in [7, 11) is -2.97. The van der Waals surface area contributed by atoms with E-state index in [0.717, 1.165) is 31.2 Å². The van der Waals surface area contributed by atoms with E-state index in [9.17, 15) is 8.42 Å². The van der Waals surface area contributed by atoms with E-state index in [-0.39, 0.29) is 41.8 Å². The van der Waals surface area contributed by atoms with Crippen LogP contribution in [0, 0.1) is 6.92 Å². The van der Waals surface area contributed by atoms with Gasteiger partial charge in [0.1, 0.15) is 21.4 Å². The second-order valence-electron chi connectivity index (χ2n) is 7.30. The average molecular weight is 542 g/mol. The zero-order valence-electron chi connectivity index (χ0n) is 17.8. The SMILES string of the molecule is CCNC(=NCC(c1ccc(C)o1)N1CCOCC1)NC(C)CCS(C)(=O)=O.I. The summed E-state index contributed by atoms with van der Waals surface area (Å²) in [5.41, 5.74) is 0. The lowest BCUT2D eigenvalue weighted by molar-refractivity contribution is 0.0135. The molecule has 0 aromatic carbocycles. The molecule has 1 aromatic heterocycles. The zero-order chi connectivity index (χ0) is 20.6. The first-order chi connectivity index (χ1) is 13.3. The van der Waals surface area contributed by atoms with Crippen LogP contribution in [-0.4, -0.2) is 76.7 Å². The average Bonchev–Trinajstić information content (AvgIpc) is 3.07. The summed E-state index contributed by atoms with van der Waals surface area (Å²) in [6, 6.07) is 4.03. The van der Waals surface area contributed by atoms with Crippen molar-refractivity contribution in [3.8, 4) is 0 Å². The Labute approximate surface area is 191 Å². The normalized spacial score (nSPS) is 18.0. The van der Waals surface area contributed by atoms with Crippen LogP contribution in [0.2, 0.25) is 0 Å². The number of halogens is 1. The van der Waals surface area contributed by atoms with Crippen molar-refractivity contribution < 1.29 is 17.6 Å². The van der Waals surface area contributed by atoms with Crippen LogP contribution in [0.1, 0.15) is 37.8 Å². The highest BCUT2D eigenvalue weighted by atomic mass is 127. The molecule has 1 aliphatic rings. The third-order valence-electron chi connectivity index (χ3n) is 4.65. The van der Waals surface area contributed by atoms with Crippen molar-refractivity contribution in [2.75, 3.05) is 51.4 Å². The Hall–Kier alpha value is -0.850. The Bertz CT molecular complexity index is 732. The lowest BCUT2D eigenvalue weighted by Gasteiger charge is -2.32. The summed E-state index contributed by atoms with van der Waals surface area (Å²) in [6.07, 6.45) is 1.80. The number of aryl methyl sites for hydroxylation is 1. The van der Waals surface area contributed by atoms with Crippen molar-refractivity contribution >= 4 is 39.8 Å². The van der Waals surface area contributed by atoms with E-state index in [1.54, 1.807) is 0 Å². The van der Waals surface area contributed by atoms with Gasteiger partial charge in [0.25, 0.3) is 0 Å². The highest BCUT2D eigenvalue weighted by Crippen LogP contribution is 2.24. The first-order valence-corrected chi connectivity index (χ1v) is 11.9. The van der Waals surface area contributed by atoms with Crippen LogP contribution in [0.15, 0.2) is 21.5 Å². The van der Waals surface area contributed by atoms with E-state index in [1.807, 2.05) is 32.9 Å². The topological polar surface area (TPSA) is 96.2 Å². The molecule has 168 valence electrons. The van der Waals surface area contributed by atoms with Gasteiger partial charge in [-0.05, 0) is 39.3 Å². The molecule has 2 atom stereocenters. The molecule has 0 aliphatic carbocycles. The van der Waals surface area contributed by atoms with E-state index >= 15 is 0 Å². The fourth-order valence-corrected chi connectivity index (χ4v) is 3.88. The van der Waals surface area contributed by atoms with Gasteiger partial charge < -0.3 is 19.8 Å². The van der Waals surface area contributed by atoms with Crippen molar-refractivity contribution in [2.24, 2.45) is 4.99 Å². The van der Waals surface area contributed by atoms with Gasteiger partial charge in [-0.25, -0.2) is 8.42 Å². The van der Waals surface area contributed by atoms with Gasteiger partial charge in [0, 0.05) is 31.9 Å². The molecular weight excluding hydrogens is 507 g/mol. The number of rotatable bonds is 9. The predicted molar refractivity (Wildman–Crippen MR) is 127 cm³/mol. The molecule has 8 nitrogen and oxygen atoms in total. The van der Waals surface area contributed by atoms with Crippen molar-refractivity contribution in [1.29, 1.82) is 0 Å². The largest absolute Gasteiger partial charge is 0.465 e. The van der Waals surface area contributed by atoms with Crippen molar-refractivity contribution in [3.05, 3.63) is 23.7 Å². The van der Waals surface area contributed by atoms with E-state index < -0.39 is 9.84 Å². The number of morpholine rings is 1. The minimum Gasteiger partial charge on any atom is -0.465 e. The number of guanidine groups is 1. The highest BCUT2D eigenvalue weighted by molar-refractivity contribution is 14.0. The molecule has 1 aliphatic heterocycles. The van der Waals surface area contributed by atoms with Crippen LogP contribution in [-0.2, 0) is 14.6 Å². The van der Waals surface area contributed by atoms with Gasteiger partial charge in [-0.2, -0.15) is 0 Å². The van der Waals surface area contributed by atoms with Gasteiger partial charge in [0.15, 0.2) is 5.96 Å². The third-order valence-corrected chi connectivity index (χ3v) is 5.62. The quantitative estimate of drug-likeness (QED) is 0.280. The van der Waals surface area contributed by atoms with Crippen LogP contribution < -0.4 is 10.6 Å². The van der Waals surface area contributed by atoms with Crippen molar-refractivity contribution in [1.82, 2.24) is 15.5 Å². The van der Waals surface area contributed by atoms with Crippen molar-refractivity contribution in [2.45, 2.75) is 39.3 Å². The molecule has 2 unspecified atom stereocenters. The number of ether oxygens (including phenoxy) is 1. The lowest BCUT2D eigenvalue weighted by Crippen LogP contribution is -2.44. The van der Waals surface area contributed by atoms with Gasteiger partial charge in [0.2, 0.25) is 0 Å². The minimum atomic E-state index is -2.97. The minimum absolute atomic E-state index is 0. The van der Waals surface area contributed by atoms with Crippen LogP contribution in [0.5, 0.6) is 0 Å². The monoisotopic (exact) mass is 542 g/mol. The Morgan fingerprint density at radius 3 is 2.55 bits per heavy atom. The van der Waals surface area contributed by atoms with Gasteiger partial charge in [-0.1, -0.05) is 0 Å². The summed E-state index contributed by atoms with van der Waals surface area (Å²) < 4.78 is 34.2. The Morgan fingerprint density at radius 1 is 1.31 bits per heavy atom. The number of nitrogens with one attached hydrogen (secondary N) is 2. The van der Waals surface area contributed by atoms with Gasteiger partial charge in [0.05, 0.1) is 31.6 Å². The molecule has 0 amide bonds. The number of sulfone groups is 1. The maximum Gasteiger partial charge on any atom is 0.191 e. The summed E-state index contributed by atoms with van der Waals surface area (Å²) in [5.74, 6) is 2.63. The molecule has 0 spiro atoms. The third kappa shape index (κ3) is 9.67. The number of aliphatic imine (C=N–C) groups is 1. The lowest BCUT2D eigenvalue weighted by atomic mass is 10.1. The summed E-state index contributed by atoms with van der Waals surface area (Å²) >= 11 is 0. The van der Waals surface area contributed by atoms with Crippen LogP contribution in [0.25, 0.3) is 0 Å². The Balaban J connectivity index is 0.00000420. The van der Waals surface area contributed by atoms with Crippen molar-refractivity contribution in [3.63, 3.8) is 0 Å². The van der Waals surface area contributed by atoms with Crippen LogP contribution in [0.4, 0.5) is 0 Å². The molecule has 0 radical (unpaired) electrons. The predicted octanol–water partition coefficient (Wildman–Crippen LogP) is 1.96. The standard InChI is InChI=1S/C19H34N4O4S.HI/c1-5-20-19(22-15(2)8-13-28(4,24)25)21-14-17(18-7-6-16(3)27-18)23-9-11-26-12-10-23;/h6-7,15,17H,5,8-14H2,1-4H3,(H2,20,21,22);1H. The molecule has 1 saturated heterocycles. The summed E-state index contributed by atoms with van der Waals surface area (Å²) in [5, 5.41) is 6.55. The van der Waals surface area contributed by atoms with Gasteiger partial charge >= 0.3 is 0 Å². The molecule has 10 heteroatoms. The molecule has 2 N–H and O–H groups in total. The second-order valence-corrected chi connectivity index (χ2v) is 9.56. The smallest absolute Gasteiger partial charge is 0.191 e. The molecule has 2 heterocycles. The number of nitrogens with zero attached hydrogens (tertiary/aromatic N) is 2. The second kappa shape index (κ2) is 12.8. The zero-order valence-corrected chi connectivity index (χ0v) is 21.0. The Kier molecular flexibility index (Phi) is 11.5. The molecule has 29 heavy (non-hydrogen) atoms. The van der Waals surface area contributed by atoms with E-state index in [2.05, 4.69) is 15.5 Å².